The van der Waals surface area contributed by atoms with Crippen LogP contribution >= 0.6 is 0 Å². The Balaban J connectivity index is 1.14. The fourth-order valence-corrected chi connectivity index (χ4v) is 8.03. The van der Waals surface area contributed by atoms with E-state index in [0.717, 1.165) is 41.4 Å². The summed E-state index contributed by atoms with van der Waals surface area (Å²) in [7, 11) is 0. The van der Waals surface area contributed by atoms with Gasteiger partial charge in [0.1, 0.15) is 0 Å². The van der Waals surface area contributed by atoms with Crippen LogP contribution in [-0.4, -0.2) is 0 Å². The van der Waals surface area contributed by atoms with Gasteiger partial charge in [-0.25, -0.2) is 0 Å². The Morgan fingerprint density at radius 3 is 2.11 bits per heavy atom. The van der Waals surface area contributed by atoms with Gasteiger partial charge in [0.25, 0.3) is 0 Å². The molecular formula is C28H46. The molecule has 5 atom stereocenters. The molecule has 158 valence electrons. The van der Waals surface area contributed by atoms with E-state index in [9.17, 15) is 0 Å². The zero-order chi connectivity index (χ0) is 18.9. The van der Waals surface area contributed by atoms with Gasteiger partial charge in [-0.1, -0.05) is 69.4 Å². The topological polar surface area (TPSA) is 0 Å². The maximum absolute atomic E-state index is 2.41. The highest BCUT2D eigenvalue weighted by molar-refractivity contribution is 5.19. The normalized spacial score (nSPS) is 40.8. The van der Waals surface area contributed by atoms with Crippen molar-refractivity contribution in [2.75, 3.05) is 0 Å². The zero-order valence-corrected chi connectivity index (χ0v) is 18.8. The summed E-state index contributed by atoms with van der Waals surface area (Å²) in [5, 5.41) is 0. The second kappa shape index (κ2) is 8.85. The predicted molar refractivity (Wildman–Crippen MR) is 120 cm³/mol. The number of hydrogen-bond acceptors (Lipinski definition) is 0. The predicted octanol–water partition coefficient (Wildman–Crippen LogP) is 8.71. The minimum Gasteiger partial charge on any atom is -0.0710 e. The maximum atomic E-state index is 2.41. The highest BCUT2D eigenvalue weighted by Gasteiger charge is 2.44. The lowest BCUT2D eigenvalue weighted by Gasteiger charge is -2.48. The Kier molecular flexibility index (Phi) is 6.22. The first-order valence-electron chi connectivity index (χ1n) is 13.5. The van der Waals surface area contributed by atoms with E-state index in [4.69, 9.17) is 0 Å². The molecule has 5 rings (SSSR count). The summed E-state index contributed by atoms with van der Waals surface area (Å²) in [6.07, 6.45) is 27.5. The van der Waals surface area contributed by atoms with Crippen molar-refractivity contribution < 1.29 is 0 Å². The van der Waals surface area contributed by atoms with Crippen LogP contribution in [0.5, 0.6) is 0 Å². The average molecular weight is 383 g/mol. The third-order valence-corrected chi connectivity index (χ3v) is 10.4. The third kappa shape index (κ3) is 4.00. The highest BCUT2D eigenvalue weighted by atomic mass is 14.5. The molecule has 0 bridgehead atoms. The van der Waals surface area contributed by atoms with E-state index in [2.05, 4.69) is 6.92 Å². The number of allylic oxidation sites excluding steroid dienone is 2. The molecule has 0 aliphatic heterocycles. The van der Waals surface area contributed by atoms with Crippen molar-refractivity contribution >= 4 is 0 Å². The SMILES string of the molecule is CCC/C(CCC1CCC(C2CCC2)C1)=C1/CCC(C2CCC2C2CCC2)C1. The molecule has 0 radical (unpaired) electrons. The molecule has 28 heavy (non-hydrogen) atoms. The van der Waals surface area contributed by atoms with Crippen molar-refractivity contribution in [1.82, 2.24) is 0 Å². The second-order valence-electron chi connectivity index (χ2n) is 11.7. The van der Waals surface area contributed by atoms with E-state index in [1.807, 2.05) is 11.1 Å². The first-order chi connectivity index (χ1) is 13.8. The largest absolute Gasteiger partial charge is 0.0710 e. The first-order valence-corrected chi connectivity index (χ1v) is 13.5. The lowest BCUT2D eigenvalue weighted by Crippen LogP contribution is -2.39. The highest BCUT2D eigenvalue weighted by Crippen LogP contribution is 2.55. The maximum Gasteiger partial charge on any atom is -0.0286 e. The Morgan fingerprint density at radius 2 is 1.46 bits per heavy atom. The first kappa shape index (κ1) is 19.7. The second-order valence-corrected chi connectivity index (χ2v) is 11.7. The van der Waals surface area contributed by atoms with Gasteiger partial charge >= 0.3 is 0 Å². The lowest BCUT2D eigenvalue weighted by molar-refractivity contribution is 0.0197. The Bertz CT molecular complexity index is 548. The fraction of sp³-hybridized carbons (Fsp3) is 0.929. The summed E-state index contributed by atoms with van der Waals surface area (Å²) in [6, 6.07) is 0. The van der Waals surface area contributed by atoms with E-state index in [0.29, 0.717) is 0 Å². The van der Waals surface area contributed by atoms with Crippen molar-refractivity contribution in [3.8, 4) is 0 Å². The minimum atomic E-state index is 1.07. The van der Waals surface area contributed by atoms with Gasteiger partial charge in [-0.3, -0.25) is 0 Å². The van der Waals surface area contributed by atoms with Crippen LogP contribution in [0.4, 0.5) is 0 Å². The van der Waals surface area contributed by atoms with Crippen molar-refractivity contribution in [3.05, 3.63) is 11.1 Å². The molecule has 0 aromatic rings. The van der Waals surface area contributed by atoms with Gasteiger partial charge in [0.05, 0.1) is 0 Å². The zero-order valence-electron chi connectivity index (χ0n) is 18.8. The van der Waals surface area contributed by atoms with Crippen LogP contribution in [0, 0.1) is 41.4 Å². The van der Waals surface area contributed by atoms with Crippen LogP contribution in [0.3, 0.4) is 0 Å². The van der Waals surface area contributed by atoms with Crippen LogP contribution in [0.2, 0.25) is 0 Å². The summed E-state index contributed by atoms with van der Waals surface area (Å²) < 4.78 is 0. The van der Waals surface area contributed by atoms with Gasteiger partial charge in [-0.15, -0.1) is 0 Å². The van der Waals surface area contributed by atoms with Crippen molar-refractivity contribution in [3.63, 3.8) is 0 Å². The van der Waals surface area contributed by atoms with Gasteiger partial charge in [-0.2, -0.15) is 0 Å². The van der Waals surface area contributed by atoms with Gasteiger partial charge in [0.15, 0.2) is 0 Å². The van der Waals surface area contributed by atoms with Crippen LogP contribution in [0.1, 0.15) is 122 Å². The van der Waals surface area contributed by atoms with Crippen LogP contribution in [-0.2, 0) is 0 Å². The molecule has 0 heterocycles. The molecule has 0 heteroatoms. The van der Waals surface area contributed by atoms with Crippen molar-refractivity contribution in [2.45, 2.75) is 122 Å². The van der Waals surface area contributed by atoms with Crippen LogP contribution in [0.15, 0.2) is 11.1 Å². The molecule has 0 saturated heterocycles. The average Bonchev–Trinajstić information content (AvgIpc) is 3.22. The molecule has 5 unspecified atom stereocenters. The van der Waals surface area contributed by atoms with E-state index >= 15 is 0 Å². The molecule has 0 aromatic carbocycles. The van der Waals surface area contributed by atoms with Crippen LogP contribution < -0.4 is 0 Å². The Morgan fingerprint density at radius 1 is 0.714 bits per heavy atom. The standard InChI is InChI=1S/C28H46/c1-2-5-21(12-10-20-11-13-24(18-20)22-6-3-7-22)25-14-15-26(19-25)28-17-16-27(28)23-8-4-9-23/h20,22-24,26-28H,2-19H2,1H3/b25-21+. The van der Waals surface area contributed by atoms with E-state index in [1.54, 1.807) is 64.2 Å². The number of rotatable bonds is 8. The van der Waals surface area contributed by atoms with Gasteiger partial charge in [-0.05, 0) is 106 Å². The monoisotopic (exact) mass is 382 g/mol. The summed E-state index contributed by atoms with van der Waals surface area (Å²) in [5.41, 5.74) is 3.90. The van der Waals surface area contributed by atoms with Crippen molar-refractivity contribution in [1.29, 1.82) is 0 Å². The molecule has 0 aromatic heterocycles. The molecular weight excluding hydrogens is 336 g/mol. The quantitative estimate of drug-likeness (QED) is 0.368. The summed E-state index contributed by atoms with van der Waals surface area (Å²) in [4.78, 5) is 0. The molecule has 0 nitrogen and oxygen atoms in total. The molecule has 0 N–H and O–H groups in total. The van der Waals surface area contributed by atoms with Gasteiger partial charge in [0.2, 0.25) is 0 Å². The third-order valence-electron chi connectivity index (χ3n) is 10.4. The summed E-state index contributed by atoms with van der Waals surface area (Å²) in [5.74, 6) is 7.84. The van der Waals surface area contributed by atoms with Gasteiger partial charge < -0.3 is 0 Å². The Labute approximate surface area is 175 Å². The molecule has 5 aliphatic rings. The smallest absolute Gasteiger partial charge is 0.0286 e. The van der Waals surface area contributed by atoms with Crippen LogP contribution in [0.25, 0.3) is 0 Å². The number of hydrogen-bond donors (Lipinski definition) is 0. The summed E-state index contributed by atoms with van der Waals surface area (Å²) >= 11 is 0. The molecule has 5 saturated carbocycles. The minimum absolute atomic E-state index is 1.07. The molecule has 0 spiro atoms. The van der Waals surface area contributed by atoms with E-state index < -0.39 is 0 Å². The summed E-state index contributed by atoms with van der Waals surface area (Å²) in [6.45, 7) is 2.41. The molecule has 5 aliphatic carbocycles. The fourth-order valence-electron chi connectivity index (χ4n) is 8.03. The van der Waals surface area contributed by atoms with E-state index in [-0.39, 0.29) is 0 Å². The van der Waals surface area contributed by atoms with Crippen molar-refractivity contribution in [2.24, 2.45) is 41.4 Å². The Hall–Kier alpha value is -0.260. The molecule has 0 amide bonds. The lowest BCUT2D eigenvalue weighted by atomic mass is 9.57. The molecule has 5 fully saturated rings. The van der Waals surface area contributed by atoms with Gasteiger partial charge in [0, 0.05) is 0 Å². The van der Waals surface area contributed by atoms with E-state index in [1.165, 1.54) is 51.4 Å².